The van der Waals surface area contributed by atoms with Crippen LogP contribution in [0.25, 0.3) is 10.9 Å². The number of amides is 1. The number of carbonyl (C=O) groups is 1. The van der Waals surface area contributed by atoms with Crippen molar-refractivity contribution in [3.8, 4) is 5.88 Å². The summed E-state index contributed by atoms with van der Waals surface area (Å²) < 4.78 is 7.36. The van der Waals surface area contributed by atoms with E-state index in [1.54, 1.807) is 17.7 Å². The van der Waals surface area contributed by atoms with Crippen molar-refractivity contribution in [2.75, 3.05) is 6.54 Å². The van der Waals surface area contributed by atoms with E-state index < -0.39 is 6.10 Å². The van der Waals surface area contributed by atoms with E-state index in [0.717, 1.165) is 10.9 Å². The molecule has 1 aromatic carbocycles. The van der Waals surface area contributed by atoms with Gasteiger partial charge in [-0.25, -0.2) is 0 Å². The molecule has 0 aliphatic rings. The number of para-hydroxylation sites is 1. The van der Waals surface area contributed by atoms with Gasteiger partial charge in [-0.15, -0.1) is 11.7 Å². The number of rotatable bonds is 5. The summed E-state index contributed by atoms with van der Waals surface area (Å²) in [6.07, 6.45) is 1.03. The van der Waals surface area contributed by atoms with Crippen LogP contribution < -0.4 is 10.1 Å². The predicted octanol–water partition coefficient (Wildman–Crippen LogP) is 1.64. The average Bonchev–Trinajstić information content (AvgIpc) is 2.73. The first kappa shape index (κ1) is 13.1. The van der Waals surface area contributed by atoms with Crippen molar-refractivity contribution in [1.29, 1.82) is 0 Å². The summed E-state index contributed by atoms with van der Waals surface area (Å²) in [6, 6.07) is 7.73. The maximum absolute atomic E-state index is 11.7. The summed E-state index contributed by atoms with van der Waals surface area (Å²) in [5, 5.41) is 7.87. The van der Waals surface area contributed by atoms with Crippen molar-refractivity contribution in [1.82, 2.24) is 15.1 Å². The Balaban J connectivity index is 2.17. The van der Waals surface area contributed by atoms with Gasteiger partial charge in [0, 0.05) is 13.6 Å². The number of hydrogen-bond donors (Lipinski definition) is 1. The Morgan fingerprint density at radius 3 is 3.05 bits per heavy atom. The third-order valence-corrected chi connectivity index (χ3v) is 2.80. The van der Waals surface area contributed by atoms with Crippen molar-refractivity contribution in [3.05, 3.63) is 36.9 Å². The van der Waals surface area contributed by atoms with Crippen LogP contribution >= 0.6 is 0 Å². The summed E-state index contributed by atoms with van der Waals surface area (Å²) >= 11 is 0. The molecule has 1 aromatic heterocycles. The number of benzene rings is 1. The third kappa shape index (κ3) is 2.76. The zero-order chi connectivity index (χ0) is 13.8. The maximum Gasteiger partial charge on any atom is 0.261 e. The number of fused-ring (bicyclic) bond motifs is 1. The van der Waals surface area contributed by atoms with Crippen LogP contribution in [0.3, 0.4) is 0 Å². The second kappa shape index (κ2) is 5.56. The Labute approximate surface area is 111 Å². The first-order chi connectivity index (χ1) is 9.13. The van der Waals surface area contributed by atoms with Gasteiger partial charge in [-0.05, 0) is 19.1 Å². The molecule has 1 N–H and O–H groups in total. The van der Waals surface area contributed by atoms with Gasteiger partial charge in [0.1, 0.15) is 0 Å². The van der Waals surface area contributed by atoms with Crippen LogP contribution in [-0.4, -0.2) is 28.3 Å². The Hall–Kier alpha value is -2.30. The number of hydrogen-bond acceptors (Lipinski definition) is 3. The molecule has 0 saturated heterocycles. The highest BCUT2D eigenvalue weighted by Crippen LogP contribution is 2.24. The SMILES string of the molecule is C=CCNC(=O)[C@@H](C)Oc1nn(C)c2ccccc12. The molecule has 0 unspecified atom stereocenters. The molecule has 100 valence electrons. The van der Waals surface area contributed by atoms with E-state index in [2.05, 4.69) is 17.0 Å². The maximum atomic E-state index is 11.7. The minimum absolute atomic E-state index is 0.186. The Morgan fingerprint density at radius 2 is 2.32 bits per heavy atom. The fourth-order valence-corrected chi connectivity index (χ4v) is 1.81. The fraction of sp³-hybridized carbons (Fsp3) is 0.286. The molecular weight excluding hydrogens is 242 g/mol. The highest BCUT2D eigenvalue weighted by molar-refractivity contribution is 5.85. The van der Waals surface area contributed by atoms with Gasteiger partial charge in [-0.3, -0.25) is 9.48 Å². The van der Waals surface area contributed by atoms with E-state index in [1.165, 1.54) is 0 Å². The van der Waals surface area contributed by atoms with E-state index >= 15 is 0 Å². The van der Waals surface area contributed by atoms with Crippen LogP contribution in [-0.2, 0) is 11.8 Å². The molecule has 1 amide bonds. The van der Waals surface area contributed by atoms with Gasteiger partial charge in [0.15, 0.2) is 6.10 Å². The molecule has 19 heavy (non-hydrogen) atoms. The topological polar surface area (TPSA) is 56.1 Å². The molecular formula is C14H17N3O2. The van der Waals surface area contributed by atoms with Crippen LogP contribution in [0.5, 0.6) is 5.88 Å². The van der Waals surface area contributed by atoms with Gasteiger partial charge in [0.25, 0.3) is 5.91 Å². The quantitative estimate of drug-likeness (QED) is 0.830. The summed E-state index contributed by atoms with van der Waals surface area (Å²) in [6.45, 7) is 5.67. The first-order valence-corrected chi connectivity index (χ1v) is 6.10. The average molecular weight is 259 g/mol. The first-order valence-electron chi connectivity index (χ1n) is 6.10. The number of nitrogens with one attached hydrogen (secondary N) is 1. The van der Waals surface area contributed by atoms with Crippen molar-refractivity contribution in [2.24, 2.45) is 7.05 Å². The van der Waals surface area contributed by atoms with Gasteiger partial charge in [-0.1, -0.05) is 18.2 Å². The molecule has 2 aromatic rings. The molecule has 2 rings (SSSR count). The van der Waals surface area contributed by atoms with Crippen molar-refractivity contribution < 1.29 is 9.53 Å². The molecule has 0 spiro atoms. The lowest BCUT2D eigenvalue weighted by atomic mass is 10.2. The monoisotopic (exact) mass is 259 g/mol. The summed E-state index contributed by atoms with van der Waals surface area (Å²) in [4.78, 5) is 11.7. The summed E-state index contributed by atoms with van der Waals surface area (Å²) in [5.41, 5.74) is 0.969. The van der Waals surface area contributed by atoms with Crippen LogP contribution in [0.4, 0.5) is 0 Å². The number of ether oxygens (including phenoxy) is 1. The molecule has 0 saturated carbocycles. The summed E-state index contributed by atoms with van der Waals surface area (Å²) in [5.74, 6) is 0.286. The van der Waals surface area contributed by atoms with E-state index in [0.29, 0.717) is 12.4 Å². The van der Waals surface area contributed by atoms with Gasteiger partial charge in [0.2, 0.25) is 5.88 Å². The summed E-state index contributed by atoms with van der Waals surface area (Å²) in [7, 11) is 1.84. The van der Waals surface area contributed by atoms with Crippen LogP contribution in [0, 0.1) is 0 Å². The van der Waals surface area contributed by atoms with Gasteiger partial charge >= 0.3 is 0 Å². The molecule has 0 fully saturated rings. The minimum atomic E-state index is -0.599. The van der Waals surface area contributed by atoms with Gasteiger partial charge in [-0.2, -0.15) is 0 Å². The lowest BCUT2D eigenvalue weighted by molar-refractivity contribution is -0.127. The molecule has 5 heteroatoms. The lowest BCUT2D eigenvalue weighted by Gasteiger charge is -2.12. The van der Waals surface area contributed by atoms with E-state index in [4.69, 9.17) is 4.74 Å². The molecule has 0 bridgehead atoms. The molecule has 0 radical (unpaired) electrons. The minimum Gasteiger partial charge on any atom is -0.463 e. The van der Waals surface area contributed by atoms with Crippen LogP contribution in [0.1, 0.15) is 6.92 Å². The zero-order valence-corrected chi connectivity index (χ0v) is 11.1. The van der Waals surface area contributed by atoms with Gasteiger partial charge < -0.3 is 10.1 Å². The van der Waals surface area contributed by atoms with E-state index in [9.17, 15) is 4.79 Å². The second-order valence-electron chi connectivity index (χ2n) is 4.24. The zero-order valence-electron chi connectivity index (χ0n) is 11.1. The second-order valence-corrected chi connectivity index (χ2v) is 4.24. The molecule has 0 aliphatic carbocycles. The Morgan fingerprint density at radius 1 is 1.58 bits per heavy atom. The molecule has 1 heterocycles. The number of aromatic nitrogens is 2. The van der Waals surface area contributed by atoms with E-state index in [-0.39, 0.29) is 5.91 Å². The molecule has 0 aliphatic heterocycles. The number of nitrogens with zero attached hydrogens (tertiary/aromatic N) is 2. The third-order valence-electron chi connectivity index (χ3n) is 2.80. The number of carbonyl (C=O) groups excluding carboxylic acids is 1. The van der Waals surface area contributed by atoms with Crippen molar-refractivity contribution in [2.45, 2.75) is 13.0 Å². The highest BCUT2D eigenvalue weighted by Gasteiger charge is 2.17. The number of aryl methyl sites for hydroxylation is 1. The lowest BCUT2D eigenvalue weighted by Crippen LogP contribution is -2.36. The normalized spacial score (nSPS) is 12.1. The highest BCUT2D eigenvalue weighted by atomic mass is 16.5. The van der Waals surface area contributed by atoms with E-state index in [1.807, 2.05) is 31.3 Å². The Kier molecular flexibility index (Phi) is 3.85. The van der Waals surface area contributed by atoms with Crippen molar-refractivity contribution in [3.63, 3.8) is 0 Å². The van der Waals surface area contributed by atoms with Crippen molar-refractivity contribution >= 4 is 16.8 Å². The molecule has 5 nitrogen and oxygen atoms in total. The standard InChI is InChI=1S/C14H17N3O2/c1-4-9-15-13(18)10(2)19-14-11-7-5-6-8-12(11)17(3)16-14/h4-8,10H,1,9H2,2-3H3,(H,15,18)/t10-/m1/s1. The molecule has 1 atom stereocenters. The fourth-order valence-electron chi connectivity index (χ4n) is 1.81. The largest absolute Gasteiger partial charge is 0.463 e. The Bertz CT molecular complexity index is 604. The smallest absolute Gasteiger partial charge is 0.261 e. The van der Waals surface area contributed by atoms with Crippen LogP contribution in [0.15, 0.2) is 36.9 Å². The van der Waals surface area contributed by atoms with Crippen LogP contribution in [0.2, 0.25) is 0 Å². The van der Waals surface area contributed by atoms with Gasteiger partial charge in [0.05, 0.1) is 10.9 Å². The predicted molar refractivity (Wildman–Crippen MR) is 74.0 cm³/mol.